The molecule has 140 valence electrons. The molecule has 2 aromatic carbocycles. The standard InChI is InChI=1S/C18H20Cl2N2O3S/c1-12-6-4-5-7-14(12)11-21-18(23)13(2)22(26(3,24)25)17-10-15(19)8-9-16(17)20/h4-10,13H,11H2,1-3H3,(H,21,23)/t13-/m1/s1. The van der Waals surface area contributed by atoms with Crippen LogP contribution in [-0.4, -0.2) is 26.6 Å². The predicted molar refractivity (Wildman–Crippen MR) is 106 cm³/mol. The average Bonchev–Trinajstić information content (AvgIpc) is 2.56. The number of carbonyl (C=O) groups excluding carboxylic acids is 1. The van der Waals surface area contributed by atoms with Gasteiger partial charge in [-0.1, -0.05) is 47.5 Å². The van der Waals surface area contributed by atoms with E-state index in [-0.39, 0.29) is 10.7 Å². The number of benzene rings is 2. The van der Waals surface area contributed by atoms with E-state index >= 15 is 0 Å². The molecular weight excluding hydrogens is 395 g/mol. The number of rotatable bonds is 6. The van der Waals surface area contributed by atoms with Gasteiger partial charge in [-0.15, -0.1) is 0 Å². The van der Waals surface area contributed by atoms with E-state index in [4.69, 9.17) is 23.2 Å². The van der Waals surface area contributed by atoms with Crippen LogP contribution in [0.15, 0.2) is 42.5 Å². The summed E-state index contributed by atoms with van der Waals surface area (Å²) in [6.07, 6.45) is 1.02. The quantitative estimate of drug-likeness (QED) is 0.781. The SMILES string of the molecule is Cc1ccccc1CNC(=O)[C@@H](C)N(c1cc(Cl)ccc1Cl)S(C)(=O)=O. The summed E-state index contributed by atoms with van der Waals surface area (Å²) in [5, 5.41) is 3.29. The molecule has 0 aliphatic rings. The molecule has 0 aliphatic carbocycles. The Hall–Kier alpha value is -1.76. The molecule has 26 heavy (non-hydrogen) atoms. The fraction of sp³-hybridized carbons (Fsp3) is 0.278. The van der Waals surface area contributed by atoms with Crippen LogP contribution in [0.1, 0.15) is 18.1 Å². The lowest BCUT2D eigenvalue weighted by Gasteiger charge is -2.29. The summed E-state index contributed by atoms with van der Waals surface area (Å²) in [5.74, 6) is -0.435. The van der Waals surface area contributed by atoms with Gasteiger partial charge in [0.05, 0.1) is 17.0 Å². The van der Waals surface area contributed by atoms with Crippen LogP contribution < -0.4 is 9.62 Å². The number of hydrogen-bond donors (Lipinski definition) is 1. The van der Waals surface area contributed by atoms with Crippen LogP contribution >= 0.6 is 23.2 Å². The third-order valence-electron chi connectivity index (χ3n) is 3.95. The van der Waals surface area contributed by atoms with E-state index in [1.807, 2.05) is 31.2 Å². The zero-order valence-electron chi connectivity index (χ0n) is 14.7. The average molecular weight is 415 g/mol. The van der Waals surface area contributed by atoms with Crippen LogP contribution in [0.3, 0.4) is 0 Å². The van der Waals surface area contributed by atoms with E-state index in [1.165, 1.54) is 19.1 Å². The van der Waals surface area contributed by atoms with Gasteiger partial charge in [-0.05, 0) is 43.2 Å². The molecule has 2 rings (SSSR count). The van der Waals surface area contributed by atoms with Gasteiger partial charge in [0.2, 0.25) is 15.9 Å². The summed E-state index contributed by atoms with van der Waals surface area (Å²) in [5.41, 5.74) is 2.17. The molecule has 0 aliphatic heterocycles. The van der Waals surface area contributed by atoms with Gasteiger partial charge in [-0.2, -0.15) is 0 Å². The molecule has 1 N–H and O–H groups in total. The molecule has 1 amide bonds. The lowest BCUT2D eigenvalue weighted by molar-refractivity contribution is -0.122. The highest BCUT2D eigenvalue weighted by Gasteiger charge is 2.30. The fourth-order valence-electron chi connectivity index (χ4n) is 2.57. The summed E-state index contributed by atoms with van der Waals surface area (Å²) in [6, 6.07) is 11.1. The first-order valence-corrected chi connectivity index (χ1v) is 10.5. The third kappa shape index (κ3) is 4.90. The van der Waals surface area contributed by atoms with Crippen molar-refractivity contribution in [2.45, 2.75) is 26.4 Å². The van der Waals surface area contributed by atoms with Gasteiger partial charge in [0.1, 0.15) is 6.04 Å². The number of aryl methyl sites for hydroxylation is 1. The molecule has 8 heteroatoms. The minimum atomic E-state index is -3.76. The molecule has 0 radical (unpaired) electrons. The maximum Gasteiger partial charge on any atom is 0.243 e. The van der Waals surface area contributed by atoms with Gasteiger partial charge in [0.15, 0.2) is 0 Å². The van der Waals surface area contributed by atoms with Crippen LogP contribution in [0, 0.1) is 6.92 Å². The summed E-state index contributed by atoms with van der Waals surface area (Å²) < 4.78 is 25.6. The minimum absolute atomic E-state index is 0.167. The van der Waals surface area contributed by atoms with Crippen molar-refractivity contribution in [3.63, 3.8) is 0 Å². The van der Waals surface area contributed by atoms with E-state index in [0.29, 0.717) is 11.6 Å². The molecule has 0 spiro atoms. The van der Waals surface area contributed by atoms with Crippen molar-refractivity contribution in [3.8, 4) is 0 Å². The Morgan fingerprint density at radius 1 is 1.19 bits per heavy atom. The van der Waals surface area contributed by atoms with Gasteiger partial charge in [0, 0.05) is 11.6 Å². The van der Waals surface area contributed by atoms with Crippen LogP contribution in [0.5, 0.6) is 0 Å². The first-order chi connectivity index (χ1) is 12.1. The van der Waals surface area contributed by atoms with Crippen molar-refractivity contribution in [2.24, 2.45) is 0 Å². The molecule has 0 unspecified atom stereocenters. The summed E-state index contributed by atoms with van der Waals surface area (Å²) in [6.45, 7) is 3.75. The Morgan fingerprint density at radius 2 is 1.85 bits per heavy atom. The van der Waals surface area contributed by atoms with E-state index in [0.717, 1.165) is 21.7 Å². The Morgan fingerprint density at radius 3 is 2.46 bits per heavy atom. The van der Waals surface area contributed by atoms with Gasteiger partial charge in [-0.25, -0.2) is 8.42 Å². The van der Waals surface area contributed by atoms with Crippen molar-refractivity contribution in [1.82, 2.24) is 5.32 Å². The number of carbonyl (C=O) groups is 1. The van der Waals surface area contributed by atoms with Gasteiger partial charge >= 0.3 is 0 Å². The lowest BCUT2D eigenvalue weighted by Crippen LogP contribution is -2.47. The maximum atomic E-state index is 12.6. The second-order valence-electron chi connectivity index (χ2n) is 5.97. The molecule has 0 heterocycles. The molecule has 0 saturated carbocycles. The third-order valence-corrected chi connectivity index (χ3v) is 5.73. The first-order valence-electron chi connectivity index (χ1n) is 7.88. The molecule has 0 aromatic heterocycles. The summed E-state index contributed by atoms with van der Waals surface area (Å²) in [4.78, 5) is 12.6. The zero-order valence-corrected chi connectivity index (χ0v) is 17.0. The number of nitrogens with one attached hydrogen (secondary N) is 1. The molecule has 0 saturated heterocycles. The minimum Gasteiger partial charge on any atom is -0.350 e. The molecular formula is C18H20Cl2N2O3S. The van der Waals surface area contributed by atoms with Crippen molar-refractivity contribution in [1.29, 1.82) is 0 Å². The number of halogens is 2. The smallest absolute Gasteiger partial charge is 0.243 e. The highest BCUT2D eigenvalue weighted by molar-refractivity contribution is 7.92. The summed E-state index contributed by atoms with van der Waals surface area (Å²) in [7, 11) is -3.76. The van der Waals surface area contributed by atoms with Gasteiger partial charge in [0.25, 0.3) is 0 Å². The van der Waals surface area contributed by atoms with Gasteiger partial charge < -0.3 is 5.32 Å². The molecule has 5 nitrogen and oxygen atoms in total. The predicted octanol–water partition coefficient (Wildman–Crippen LogP) is 3.77. The Kier molecular flexibility index (Phi) is 6.55. The van der Waals surface area contributed by atoms with Gasteiger partial charge in [-0.3, -0.25) is 9.10 Å². The Bertz CT molecular complexity index is 916. The normalized spacial score (nSPS) is 12.5. The molecule has 2 aromatic rings. The lowest BCUT2D eigenvalue weighted by atomic mass is 10.1. The summed E-state index contributed by atoms with van der Waals surface area (Å²) >= 11 is 12.1. The maximum absolute atomic E-state index is 12.6. The number of anilines is 1. The second-order valence-corrected chi connectivity index (χ2v) is 8.68. The van der Waals surface area contributed by atoms with E-state index in [1.54, 1.807) is 6.07 Å². The van der Waals surface area contributed by atoms with Crippen molar-refractivity contribution in [2.75, 3.05) is 10.6 Å². The Balaban J connectivity index is 2.27. The monoisotopic (exact) mass is 414 g/mol. The topological polar surface area (TPSA) is 66.5 Å². The highest BCUT2D eigenvalue weighted by Crippen LogP contribution is 2.32. The van der Waals surface area contributed by atoms with Crippen LogP contribution in [-0.2, 0) is 21.4 Å². The van der Waals surface area contributed by atoms with Crippen LogP contribution in [0.2, 0.25) is 10.0 Å². The van der Waals surface area contributed by atoms with Crippen molar-refractivity contribution < 1.29 is 13.2 Å². The van der Waals surface area contributed by atoms with Crippen LogP contribution in [0.4, 0.5) is 5.69 Å². The van der Waals surface area contributed by atoms with E-state index in [9.17, 15) is 13.2 Å². The second kappa shape index (κ2) is 8.29. The molecule has 1 atom stereocenters. The largest absolute Gasteiger partial charge is 0.350 e. The Labute approximate surface area is 164 Å². The highest BCUT2D eigenvalue weighted by atomic mass is 35.5. The number of nitrogens with zero attached hydrogens (tertiary/aromatic N) is 1. The molecule has 0 bridgehead atoms. The zero-order chi connectivity index (χ0) is 19.5. The fourth-order valence-corrected chi connectivity index (χ4v) is 4.18. The van der Waals surface area contributed by atoms with Crippen molar-refractivity contribution in [3.05, 3.63) is 63.6 Å². The number of sulfonamides is 1. The molecule has 0 fully saturated rings. The number of hydrogen-bond acceptors (Lipinski definition) is 3. The first kappa shape index (κ1) is 20.6. The van der Waals surface area contributed by atoms with Crippen LogP contribution in [0.25, 0.3) is 0 Å². The van der Waals surface area contributed by atoms with Crippen molar-refractivity contribution >= 4 is 44.8 Å². The van der Waals surface area contributed by atoms with E-state index in [2.05, 4.69) is 5.32 Å². The number of amides is 1. The van der Waals surface area contributed by atoms with E-state index < -0.39 is 22.0 Å².